The van der Waals surface area contributed by atoms with E-state index in [4.69, 9.17) is 0 Å². The second kappa shape index (κ2) is 30.1. The molecular formula is C24H48Zn3. The molecule has 0 nitrogen and oxygen atoms in total. The maximum atomic E-state index is 4.42. The summed E-state index contributed by atoms with van der Waals surface area (Å²) in [5.41, 5.74) is 0. The van der Waals surface area contributed by atoms with Crippen LogP contribution in [0, 0.1) is 77.0 Å². The molecule has 6 unspecified atom stereocenters. The van der Waals surface area contributed by atoms with Crippen LogP contribution in [0.3, 0.4) is 0 Å². The zero-order valence-corrected chi connectivity index (χ0v) is 29.0. The first-order valence-electron chi connectivity index (χ1n) is 10.2. The minimum absolute atomic E-state index is 0. The van der Waals surface area contributed by atoms with E-state index in [1.54, 1.807) is 20.8 Å². The molecule has 0 bridgehead atoms. The van der Waals surface area contributed by atoms with Gasteiger partial charge in [-0.25, -0.2) is 0 Å². The second-order valence-corrected chi connectivity index (χ2v) is 6.41. The van der Waals surface area contributed by atoms with Crippen LogP contribution in [0.2, 0.25) is 0 Å². The molecule has 0 aliphatic heterocycles. The van der Waals surface area contributed by atoms with Crippen LogP contribution in [0.5, 0.6) is 0 Å². The van der Waals surface area contributed by atoms with Crippen LogP contribution >= 0.6 is 0 Å². The van der Waals surface area contributed by atoms with E-state index >= 15 is 0 Å². The van der Waals surface area contributed by atoms with Crippen LogP contribution in [-0.4, -0.2) is 0 Å². The van der Waals surface area contributed by atoms with E-state index < -0.39 is 0 Å². The molecule has 0 saturated heterocycles. The van der Waals surface area contributed by atoms with Gasteiger partial charge in [-0.05, 0) is 0 Å². The fraction of sp³-hybridized carbons (Fsp3) is 0.750. The first-order chi connectivity index (χ1) is 11.5. The molecule has 0 aromatic carbocycles. The van der Waals surface area contributed by atoms with Gasteiger partial charge in [-0.15, -0.1) is 0 Å². The molecule has 0 aromatic heterocycles. The molecule has 0 N–H and O–H groups in total. The van der Waals surface area contributed by atoms with Gasteiger partial charge >= 0.3 is 58.4 Å². The van der Waals surface area contributed by atoms with Crippen molar-refractivity contribution in [1.82, 2.24) is 0 Å². The quantitative estimate of drug-likeness (QED) is 0.239. The smallest absolute Gasteiger partial charge is 0.346 e. The summed E-state index contributed by atoms with van der Waals surface area (Å²) in [4.78, 5) is 0. The Kier molecular flexibility index (Phi) is 47.7. The van der Waals surface area contributed by atoms with Gasteiger partial charge in [0.2, 0.25) is 0 Å². The first kappa shape index (κ1) is 42.9. The molecule has 150 valence electrons. The van der Waals surface area contributed by atoms with E-state index in [0.717, 1.165) is 17.8 Å². The van der Waals surface area contributed by atoms with Crippen LogP contribution in [0.25, 0.3) is 0 Å². The van der Waals surface area contributed by atoms with E-state index in [2.05, 4.69) is 62.3 Å². The Bertz CT molecular complexity index is 234. The largest absolute Gasteiger partial charge is 2.00 e. The van der Waals surface area contributed by atoms with E-state index in [1.807, 2.05) is 0 Å². The Labute approximate surface area is 214 Å². The van der Waals surface area contributed by atoms with Crippen molar-refractivity contribution in [3.8, 4) is 0 Å². The van der Waals surface area contributed by atoms with Crippen molar-refractivity contribution in [3.63, 3.8) is 0 Å². The van der Waals surface area contributed by atoms with Crippen molar-refractivity contribution in [3.05, 3.63) is 41.5 Å². The van der Waals surface area contributed by atoms with Gasteiger partial charge in [-0.2, -0.15) is 38.5 Å². The number of hydrogen-bond acceptors (Lipinski definition) is 0. The van der Waals surface area contributed by atoms with Crippen LogP contribution < -0.4 is 0 Å². The Morgan fingerprint density at radius 3 is 1.26 bits per heavy atom. The van der Waals surface area contributed by atoms with Gasteiger partial charge < -0.3 is 41.5 Å². The minimum Gasteiger partial charge on any atom is -0.346 e. The fourth-order valence-electron chi connectivity index (χ4n) is 3.76. The van der Waals surface area contributed by atoms with Crippen molar-refractivity contribution < 1.29 is 58.4 Å². The van der Waals surface area contributed by atoms with E-state index in [9.17, 15) is 0 Å². The predicted molar refractivity (Wildman–Crippen MR) is 115 cm³/mol. The van der Waals surface area contributed by atoms with E-state index in [1.165, 1.54) is 38.5 Å². The third kappa shape index (κ3) is 17.3. The topological polar surface area (TPSA) is 0 Å². The first-order valence-corrected chi connectivity index (χ1v) is 10.2. The minimum atomic E-state index is 0. The van der Waals surface area contributed by atoms with Gasteiger partial charge in [0, 0.05) is 0 Å². The zero-order valence-electron chi connectivity index (χ0n) is 20.1. The van der Waals surface area contributed by atoms with Gasteiger partial charge in [-0.3, -0.25) is 0 Å². The van der Waals surface area contributed by atoms with Gasteiger partial charge in [0.05, 0.1) is 0 Å². The summed E-state index contributed by atoms with van der Waals surface area (Å²) in [6.07, 6.45) is 7.71. The number of hydrogen-bond donors (Lipinski definition) is 0. The van der Waals surface area contributed by atoms with Crippen molar-refractivity contribution in [1.29, 1.82) is 0 Å². The molecule has 1 saturated carbocycles. The summed E-state index contributed by atoms with van der Waals surface area (Å²) < 4.78 is 0. The maximum Gasteiger partial charge on any atom is 2.00 e. The molecule has 6 atom stereocenters. The van der Waals surface area contributed by atoms with Crippen LogP contribution in [-0.2, 0) is 58.4 Å². The predicted octanol–water partition coefficient (Wildman–Crippen LogP) is 8.11. The molecule has 1 aliphatic carbocycles. The summed E-state index contributed by atoms with van der Waals surface area (Å²) >= 11 is 0. The monoisotopic (exact) mass is 528 g/mol. The van der Waals surface area contributed by atoms with Gasteiger partial charge in [0.15, 0.2) is 0 Å². The van der Waals surface area contributed by atoms with Gasteiger partial charge in [-0.1, -0.05) is 77.0 Å². The molecule has 1 fully saturated rings. The third-order valence-corrected chi connectivity index (χ3v) is 5.45. The van der Waals surface area contributed by atoms with Crippen LogP contribution in [0.4, 0.5) is 0 Å². The van der Waals surface area contributed by atoms with Crippen molar-refractivity contribution in [2.75, 3.05) is 0 Å². The molecule has 0 amide bonds. The maximum absolute atomic E-state index is 4.42. The molecule has 1 aliphatic rings. The average Bonchev–Trinajstić information content (AvgIpc) is 2.70. The van der Waals surface area contributed by atoms with Crippen LogP contribution in [0.15, 0.2) is 0 Å². The van der Waals surface area contributed by atoms with Gasteiger partial charge in [0.25, 0.3) is 0 Å². The zero-order chi connectivity index (χ0) is 19.7. The van der Waals surface area contributed by atoms with Crippen molar-refractivity contribution in [2.45, 2.75) is 80.1 Å². The number of rotatable bonds is 6. The molecule has 0 radical (unpaired) electrons. The summed E-state index contributed by atoms with van der Waals surface area (Å²) in [5, 5.41) is 0. The normalized spacial score (nSPS) is 23.3. The van der Waals surface area contributed by atoms with Gasteiger partial charge in [0.1, 0.15) is 0 Å². The summed E-state index contributed by atoms with van der Waals surface area (Å²) in [5.74, 6) is 4.29. The molecule has 3 heteroatoms. The van der Waals surface area contributed by atoms with Crippen molar-refractivity contribution in [2.24, 2.45) is 35.5 Å². The molecule has 0 spiro atoms. The molecule has 0 heterocycles. The summed E-state index contributed by atoms with van der Waals surface area (Å²) in [6, 6.07) is 0. The Morgan fingerprint density at radius 1 is 0.593 bits per heavy atom. The molecule has 1 rings (SSSR count). The Morgan fingerprint density at radius 2 is 0.926 bits per heavy atom. The third-order valence-electron chi connectivity index (χ3n) is 5.45. The standard InChI is InChI=1S/C18H33.3C2H5.3Zn/c1-7-13(4)16-10-11-17(14(5)8-2)18(12-16)15(6)9-3;3*1-2;;;/h13-18H,4-12H2,1-3H3;3*1H2,2H3;;;/q-3;3*-1;3*+2. The molecule has 0 aromatic rings. The fourth-order valence-corrected chi connectivity index (χ4v) is 3.76. The SMILES string of the molecule is [CH2-]C.[CH2-]C.[CH2-]C.[CH2-]C(CC)C1CCC(C([CH2-])CC)C(C([CH2-])CC)C1.[Zn+2].[Zn+2].[Zn+2]. The van der Waals surface area contributed by atoms with E-state index in [-0.39, 0.29) is 58.4 Å². The van der Waals surface area contributed by atoms with Crippen LogP contribution in [0.1, 0.15) is 80.1 Å². The Balaban J connectivity index is -0.000000111. The molecule has 27 heavy (non-hydrogen) atoms. The average molecular weight is 533 g/mol. The summed E-state index contributed by atoms with van der Waals surface area (Å²) in [7, 11) is 0. The van der Waals surface area contributed by atoms with E-state index in [0.29, 0.717) is 17.8 Å². The summed E-state index contributed by atoms with van der Waals surface area (Å²) in [6.45, 7) is 35.0. The van der Waals surface area contributed by atoms with Crippen molar-refractivity contribution >= 4 is 0 Å². The molecular weight excluding hydrogens is 484 g/mol. The Hall–Kier alpha value is 1.87. The second-order valence-electron chi connectivity index (χ2n) is 6.41.